The predicted octanol–water partition coefficient (Wildman–Crippen LogP) is 4.53. The second-order valence-electron chi connectivity index (χ2n) is 7.05. The molecule has 0 unspecified atom stereocenters. The molecule has 32 heavy (non-hydrogen) atoms. The lowest BCUT2D eigenvalue weighted by molar-refractivity contribution is -0.121. The minimum absolute atomic E-state index is 0.132. The summed E-state index contributed by atoms with van der Waals surface area (Å²) in [4.78, 5) is 24.9. The van der Waals surface area contributed by atoms with Gasteiger partial charge < -0.3 is 14.6 Å². The minimum Gasteiger partial charge on any atom is -0.497 e. The van der Waals surface area contributed by atoms with Crippen molar-refractivity contribution in [3.63, 3.8) is 0 Å². The summed E-state index contributed by atoms with van der Waals surface area (Å²) in [5.41, 5.74) is 1.29. The highest BCUT2D eigenvalue weighted by Gasteiger charge is 2.19. The maximum Gasteiger partial charge on any atom is 0.224 e. The van der Waals surface area contributed by atoms with E-state index < -0.39 is 0 Å². The number of nitrogens with zero attached hydrogens (tertiary/aromatic N) is 3. The first-order valence-corrected chi connectivity index (χ1v) is 11.4. The molecule has 0 radical (unpaired) electrons. The zero-order valence-electron chi connectivity index (χ0n) is 17.8. The highest BCUT2D eigenvalue weighted by molar-refractivity contribution is 7.99. The van der Waals surface area contributed by atoms with Gasteiger partial charge in [-0.25, -0.2) is 0 Å². The van der Waals surface area contributed by atoms with Crippen molar-refractivity contribution in [2.24, 2.45) is 7.05 Å². The van der Waals surface area contributed by atoms with Gasteiger partial charge in [-0.3, -0.25) is 9.59 Å². The first-order valence-electron chi connectivity index (χ1n) is 9.71. The Morgan fingerprint density at radius 3 is 2.53 bits per heavy atom. The number of Topliss-reactive ketones (excluding diaryl/α,β-unsaturated/α-hetero) is 1. The van der Waals surface area contributed by atoms with Gasteiger partial charge in [-0.15, -0.1) is 10.2 Å². The number of amides is 1. The zero-order valence-corrected chi connectivity index (χ0v) is 20.1. The molecule has 0 aliphatic carbocycles. The first kappa shape index (κ1) is 24.1. The molecule has 10 heteroatoms. The van der Waals surface area contributed by atoms with Crippen molar-refractivity contribution >= 4 is 46.7 Å². The van der Waals surface area contributed by atoms with Crippen molar-refractivity contribution < 1.29 is 14.3 Å². The van der Waals surface area contributed by atoms with Crippen molar-refractivity contribution in [1.29, 1.82) is 0 Å². The summed E-state index contributed by atoms with van der Waals surface area (Å²) in [6.07, 6.45) is 0.240. The molecule has 168 valence electrons. The standard InChI is InChI=1S/C22H22Cl2N4O3S/c1-13(25-20(30)10-14-4-7-16(31-3)8-5-14)21-26-27-22(28(21)2)32-12-19(29)17-9-6-15(23)11-18(17)24/h4-9,11,13H,10,12H2,1-3H3,(H,25,30)/t13-/m1/s1. The summed E-state index contributed by atoms with van der Waals surface area (Å²) in [5, 5.41) is 12.6. The third kappa shape index (κ3) is 6.03. The molecule has 0 aliphatic heterocycles. The number of benzene rings is 2. The monoisotopic (exact) mass is 492 g/mol. The fourth-order valence-corrected chi connectivity index (χ4v) is 4.35. The van der Waals surface area contributed by atoms with Crippen LogP contribution >= 0.6 is 35.0 Å². The van der Waals surface area contributed by atoms with Crippen LogP contribution in [0, 0.1) is 0 Å². The van der Waals surface area contributed by atoms with E-state index in [2.05, 4.69) is 15.5 Å². The lowest BCUT2D eigenvalue weighted by Crippen LogP contribution is -2.29. The van der Waals surface area contributed by atoms with Gasteiger partial charge >= 0.3 is 0 Å². The van der Waals surface area contributed by atoms with Gasteiger partial charge in [0.1, 0.15) is 5.75 Å². The summed E-state index contributed by atoms with van der Waals surface area (Å²) in [5.74, 6) is 1.21. The summed E-state index contributed by atoms with van der Waals surface area (Å²) < 4.78 is 6.89. The third-order valence-electron chi connectivity index (χ3n) is 4.72. The minimum atomic E-state index is -0.353. The van der Waals surface area contributed by atoms with E-state index in [1.54, 1.807) is 30.9 Å². The molecular formula is C22H22Cl2N4O3S. The van der Waals surface area contributed by atoms with Gasteiger partial charge in [0.05, 0.1) is 30.3 Å². The molecule has 1 heterocycles. The number of rotatable bonds is 9. The lowest BCUT2D eigenvalue weighted by atomic mass is 10.1. The molecule has 1 N–H and O–H groups in total. The molecule has 0 spiro atoms. The molecule has 7 nitrogen and oxygen atoms in total. The average Bonchev–Trinajstić information content (AvgIpc) is 3.13. The maximum atomic E-state index is 12.5. The number of aromatic nitrogens is 3. The second kappa shape index (κ2) is 10.8. The fourth-order valence-electron chi connectivity index (χ4n) is 3.04. The molecule has 0 saturated carbocycles. The van der Waals surface area contributed by atoms with Gasteiger partial charge in [0.15, 0.2) is 16.8 Å². The number of hydrogen-bond donors (Lipinski definition) is 1. The van der Waals surface area contributed by atoms with Crippen molar-refractivity contribution in [1.82, 2.24) is 20.1 Å². The van der Waals surface area contributed by atoms with Crippen LogP contribution in [0.4, 0.5) is 0 Å². The van der Waals surface area contributed by atoms with E-state index in [1.165, 1.54) is 17.8 Å². The van der Waals surface area contributed by atoms with E-state index in [0.717, 1.165) is 11.3 Å². The Labute approximate surface area is 200 Å². The Morgan fingerprint density at radius 2 is 1.88 bits per heavy atom. The topological polar surface area (TPSA) is 86.1 Å². The Hall–Kier alpha value is -2.55. The van der Waals surface area contributed by atoms with Crippen LogP contribution in [0.25, 0.3) is 0 Å². The highest BCUT2D eigenvalue weighted by atomic mass is 35.5. The fraction of sp³-hybridized carbons (Fsp3) is 0.273. The molecule has 1 atom stereocenters. The summed E-state index contributed by atoms with van der Waals surface area (Å²) in [7, 11) is 3.39. The Bertz CT molecular complexity index is 1120. The maximum absolute atomic E-state index is 12.5. The summed E-state index contributed by atoms with van der Waals surface area (Å²) >= 11 is 13.2. The van der Waals surface area contributed by atoms with E-state index in [9.17, 15) is 9.59 Å². The molecule has 0 aliphatic rings. The largest absolute Gasteiger partial charge is 0.497 e. The van der Waals surface area contributed by atoms with Crippen molar-refractivity contribution in [3.8, 4) is 5.75 Å². The molecule has 3 aromatic rings. The van der Waals surface area contributed by atoms with Crippen LogP contribution in [0.2, 0.25) is 10.0 Å². The average molecular weight is 493 g/mol. The summed E-state index contributed by atoms with van der Waals surface area (Å²) in [6, 6.07) is 11.8. The molecule has 2 aromatic carbocycles. The van der Waals surface area contributed by atoms with E-state index in [4.69, 9.17) is 27.9 Å². The van der Waals surface area contributed by atoms with Gasteiger partial charge in [0, 0.05) is 17.6 Å². The number of carbonyl (C=O) groups is 2. The SMILES string of the molecule is COc1ccc(CC(=O)N[C@H](C)c2nnc(SCC(=O)c3ccc(Cl)cc3Cl)n2C)cc1. The quantitative estimate of drug-likeness (QED) is 0.348. The van der Waals surface area contributed by atoms with Crippen molar-refractivity contribution in [2.75, 3.05) is 12.9 Å². The molecular weight excluding hydrogens is 471 g/mol. The van der Waals surface area contributed by atoms with Crippen molar-refractivity contribution in [2.45, 2.75) is 24.5 Å². The van der Waals surface area contributed by atoms with Crippen LogP contribution in [0.5, 0.6) is 5.75 Å². The number of hydrogen-bond acceptors (Lipinski definition) is 6. The molecule has 0 bridgehead atoms. The molecule has 1 amide bonds. The van der Waals surface area contributed by atoms with Crippen LogP contribution < -0.4 is 10.1 Å². The van der Waals surface area contributed by atoms with Crippen LogP contribution in [0.3, 0.4) is 0 Å². The van der Waals surface area contributed by atoms with Gasteiger partial charge in [-0.2, -0.15) is 0 Å². The smallest absolute Gasteiger partial charge is 0.224 e. The normalized spacial score (nSPS) is 11.8. The highest BCUT2D eigenvalue weighted by Crippen LogP contribution is 2.25. The van der Waals surface area contributed by atoms with Crippen LogP contribution in [0.15, 0.2) is 47.6 Å². The number of ether oxygens (including phenoxy) is 1. The lowest BCUT2D eigenvalue weighted by Gasteiger charge is -2.14. The molecule has 0 fully saturated rings. The van der Waals surface area contributed by atoms with Gasteiger partial charge in [0.2, 0.25) is 5.91 Å². The van der Waals surface area contributed by atoms with E-state index >= 15 is 0 Å². The van der Waals surface area contributed by atoms with E-state index in [-0.39, 0.29) is 29.9 Å². The molecule has 0 saturated heterocycles. The Kier molecular flexibility index (Phi) is 8.17. The number of halogens is 2. The van der Waals surface area contributed by atoms with Crippen LogP contribution in [0.1, 0.15) is 34.7 Å². The molecule has 1 aromatic heterocycles. The number of ketones is 1. The first-order chi connectivity index (χ1) is 15.3. The van der Waals surface area contributed by atoms with Crippen LogP contribution in [-0.4, -0.2) is 39.3 Å². The predicted molar refractivity (Wildman–Crippen MR) is 126 cm³/mol. The van der Waals surface area contributed by atoms with E-state index in [1.807, 2.05) is 31.2 Å². The van der Waals surface area contributed by atoms with Gasteiger partial charge in [0.25, 0.3) is 0 Å². The van der Waals surface area contributed by atoms with Gasteiger partial charge in [-0.1, -0.05) is 47.1 Å². The van der Waals surface area contributed by atoms with Crippen molar-refractivity contribution in [3.05, 3.63) is 69.5 Å². The molecule has 3 rings (SSSR count). The number of thioether (sulfide) groups is 1. The number of carbonyl (C=O) groups excluding carboxylic acids is 2. The zero-order chi connectivity index (χ0) is 23.3. The Morgan fingerprint density at radius 1 is 1.16 bits per heavy atom. The van der Waals surface area contributed by atoms with Gasteiger partial charge in [-0.05, 0) is 42.8 Å². The van der Waals surface area contributed by atoms with E-state index in [0.29, 0.717) is 26.6 Å². The number of nitrogens with one attached hydrogen (secondary N) is 1. The van der Waals surface area contributed by atoms with Crippen LogP contribution in [-0.2, 0) is 18.3 Å². The second-order valence-corrected chi connectivity index (χ2v) is 8.84. The summed E-state index contributed by atoms with van der Waals surface area (Å²) in [6.45, 7) is 1.84. The third-order valence-corrected chi connectivity index (χ3v) is 6.29. The number of methoxy groups -OCH3 is 1. The Balaban J connectivity index is 1.58.